The van der Waals surface area contributed by atoms with Crippen LogP contribution in [-0.2, 0) is 22.5 Å². The zero-order valence-electron chi connectivity index (χ0n) is 15.8. The molecule has 0 radical (unpaired) electrons. The van der Waals surface area contributed by atoms with Crippen LogP contribution in [0.2, 0.25) is 0 Å². The van der Waals surface area contributed by atoms with Gasteiger partial charge in [0.25, 0.3) is 0 Å². The van der Waals surface area contributed by atoms with Crippen LogP contribution < -0.4 is 4.90 Å². The van der Waals surface area contributed by atoms with Gasteiger partial charge in [0.15, 0.2) is 0 Å². The van der Waals surface area contributed by atoms with Gasteiger partial charge in [-0.2, -0.15) is 5.26 Å². The number of thioether (sulfide) groups is 1. The molecule has 0 amide bonds. The molecule has 0 bridgehead atoms. The Morgan fingerprint density at radius 3 is 2.48 bits per heavy atom. The van der Waals surface area contributed by atoms with Gasteiger partial charge in [0, 0.05) is 29.8 Å². The third-order valence-electron chi connectivity index (χ3n) is 4.39. The van der Waals surface area contributed by atoms with E-state index in [4.69, 9.17) is 14.5 Å². The topological polar surface area (TPSA) is 58.4 Å². The van der Waals surface area contributed by atoms with Crippen molar-refractivity contribution in [2.75, 3.05) is 31.2 Å². The smallest absolute Gasteiger partial charge is 0.135 e. The molecule has 3 heterocycles. The maximum absolute atomic E-state index is 9.86. The lowest BCUT2D eigenvalue weighted by molar-refractivity contribution is -0.0402. The van der Waals surface area contributed by atoms with E-state index in [1.54, 1.807) is 11.8 Å². The maximum atomic E-state index is 9.86. The van der Waals surface area contributed by atoms with E-state index in [2.05, 4.69) is 45.6 Å². The van der Waals surface area contributed by atoms with Crippen molar-refractivity contribution in [3.63, 3.8) is 0 Å². The van der Waals surface area contributed by atoms with Crippen LogP contribution in [-0.4, -0.2) is 41.6 Å². The second-order valence-electron chi connectivity index (χ2n) is 8.22. The molecule has 3 rings (SSSR count). The number of pyridine rings is 1. The molecule has 0 unspecified atom stereocenters. The van der Waals surface area contributed by atoms with Gasteiger partial charge in [0.1, 0.15) is 16.9 Å². The van der Waals surface area contributed by atoms with Crippen molar-refractivity contribution in [1.29, 1.82) is 5.26 Å². The molecule has 1 aromatic heterocycles. The lowest BCUT2D eigenvalue weighted by Crippen LogP contribution is -2.40. The van der Waals surface area contributed by atoms with Gasteiger partial charge >= 0.3 is 0 Å². The Labute approximate surface area is 154 Å². The van der Waals surface area contributed by atoms with Crippen molar-refractivity contribution in [3.8, 4) is 6.07 Å². The van der Waals surface area contributed by atoms with E-state index < -0.39 is 0 Å². The summed E-state index contributed by atoms with van der Waals surface area (Å²) < 4.78 is 11.5. The Bertz CT molecular complexity index is 698. The summed E-state index contributed by atoms with van der Waals surface area (Å²) in [6.45, 7) is 14.2. The van der Waals surface area contributed by atoms with E-state index in [1.807, 2.05) is 0 Å². The maximum Gasteiger partial charge on any atom is 0.135 e. The van der Waals surface area contributed by atoms with Gasteiger partial charge in [0.05, 0.1) is 31.0 Å². The summed E-state index contributed by atoms with van der Waals surface area (Å²) >= 11 is 1.67. The van der Waals surface area contributed by atoms with E-state index in [1.165, 1.54) is 0 Å². The fourth-order valence-corrected chi connectivity index (χ4v) is 4.22. The minimum atomic E-state index is -0.258. The van der Waals surface area contributed by atoms with Crippen LogP contribution >= 0.6 is 11.8 Å². The Hall–Kier alpha value is -1.29. The molecule has 1 aromatic rings. The summed E-state index contributed by atoms with van der Waals surface area (Å²) in [6, 6.07) is 2.43. The number of hydrogen-bond donors (Lipinski definition) is 0. The fraction of sp³-hybridized carbons (Fsp3) is 0.684. The van der Waals surface area contributed by atoms with Crippen LogP contribution in [0, 0.1) is 11.3 Å². The third-order valence-corrected chi connectivity index (χ3v) is 5.49. The molecule has 0 N–H and O–H groups in total. The molecule has 1 saturated heterocycles. The molecule has 5 nitrogen and oxygen atoms in total. The Balaban J connectivity index is 2.15. The normalized spacial score (nSPS) is 20.1. The molecule has 2 aliphatic rings. The first kappa shape index (κ1) is 18.5. The lowest BCUT2D eigenvalue weighted by atomic mass is 9.89. The fourth-order valence-electron chi connectivity index (χ4n) is 3.24. The highest BCUT2D eigenvalue weighted by atomic mass is 32.2. The van der Waals surface area contributed by atoms with Crippen LogP contribution in [0.5, 0.6) is 0 Å². The number of fused-ring (bicyclic) bond motifs is 1. The summed E-state index contributed by atoms with van der Waals surface area (Å²) in [5, 5.41) is 10.7. The van der Waals surface area contributed by atoms with Crippen molar-refractivity contribution < 1.29 is 9.47 Å². The first-order chi connectivity index (χ1) is 11.7. The number of anilines is 1. The number of aromatic nitrogens is 1. The van der Waals surface area contributed by atoms with Crippen molar-refractivity contribution in [1.82, 2.24) is 4.98 Å². The lowest BCUT2D eigenvalue weighted by Gasteiger charge is -2.37. The molecule has 25 heavy (non-hydrogen) atoms. The van der Waals surface area contributed by atoms with E-state index in [-0.39, 0.29) is 10.3 Å². The predicted molar refractivity (Wildman–Crippen MR) is 100 cm³/mol. The molecule has 1 fully saturated rings. The SMILES string of the molecule is CC1(C)Cc2c(C#N)c(SC(C)(C)C)nc(N3CCOCC3)c2CO1. The molecular weight excluding hydrogens is 334 g/mol. The average Bonchev–Trinajstić information content (AvgIpc) is 2.52. The van der Waals surface area contributed by atoms with Crippen molar-refractivity contribution >= 4 is 17.6 Å². The van der Waals surface area contributed by atoms with Crippen molar-refractivity contribution in [2.24, 2.45) is 0 Å². The minimum Gasteiger partial charge on any atom is -0.378 e. The summed E-state index contributed by atoms with van der Waals surface area (Å²) in [5.74, 6) is 0.972. The second kappa shape index (κ2) is 6.79. The van der Waals surface area contributed by atoms with Crippen molar-refractivity contribution in [3.05, 3.63) is 16.7 Å². The van der Waals surface area contributed by atoms with E-state index in [0.29, 0.717) is 19.8 Å². The van der Waals surface area contributed by atoms with E-state index in [9.17, 15) is 5.26 Å². The summed E-state index contributed by atoms with van der Waals surface area (Å²) in [7, 11) is 0. The van der Waals surface area contributed by atoms with Gasteiger partial charge in [-0.25, -0.2) is 4.98 Å². The zero-order valence-corrected chi connectivity index (χ0v) is 16.6. The molecule has 0 saturated carbocycles. The molecule has 6 heteroatoms. The second-order valence-corrected chi connectivity index (χ2v) is 10.0. The van der Waals surface area contributed by atoms with Crippen LogP contribution in [0.1, 0.15) is 51.3 Å². The summed E-state index contributed by atoms with van der Waals surface area (Å²) in [4.78, 5) is 7.22. The van der Waals surface area contributed by atoms with E-state index in [0.717, 1.165) is 47.0 Å². The van der Waals surface area contributed by atoms with Crippen molar-refractivity contribution in [2.45, 2.75) is 63.0 Å². The molecule has 136 valence electrons. The highest BCUT2D eigenvalue weighted by Gasteiger charge is 2.34. The number of morpholine rings is 1. The Kier molecular flexibility index (Phi) is 5.02. The summed E-state index contributed by atoms with van der Waals surface area (Å²) in [5.41, 5.74) is 2.66. The van der Waals surface area contributed by atoms with Crippen LogP contribution in [0.3, 0.4) is 0 Å². The largest absolute Gasteiger partial charge is 0.378 e. The molecule has 0 aromatic carbocycles. The Morgan fingerprint density at radius 1 is 1.20 bits per heavy atom. The minimum absolute atomic E-state index is 0.00417. The molecule has 0 atom stereocenters. The monoisotopic (exact) mass is 361 g/mol. The van der Waals surface area contributed by atoms with Crippen LogP contribution in [0.15, 0.2) is 5.03 Å². The molecule has 2 aliphatic heterocycles. The molecular formula is C19H27N3O2S. The van der Waals surface area contributed by atoms with E-state index >= 15 is 0 Å². The highest BCUT2D eigenvalue weighted by Crippen LogP contribution is 2.41. The molecule has 0 aliphatic carbocycles. The number of rotatable bonds is 2. The highest BCUT2D eigenvalue weighted by molar-refractivity contribution is 8.00. The summed E-state index contributed by atoms with van der Waals surface area (Å²) in [6.07, 6.45) is 0.739. The first-order valence-corrected chi connectivity index (χ1v) is 9.63. The molecule has 0 spiro atoms. The van der Waals surface area contributed by atoms with Gasteiger partial charge in [-0.1, -0.05) is 32.5 Å². The Morgan fingerprint density at radius 2 is 1.88 bits per heavy atom. The van der Waals surface area contributed by atoms with Crippen LogP contribution in [0.25, 0.3) is 0 Å². The predicted octanol–water partition coefficient (Wildman–Crippen LogP) is 3.53. The number of nitriles is 1. The number of ether oxygens (including phenoxy) is 2. The average molecular weight is 362 g/mol. The number of hydrogen-bond acceptors (Lipinski definition) is 6. The van der Waals surface area contributed by atoms with Crippen LogP contribution in [0.4, 0.5) is 5.82 Å². The quantitative estimate of drug-likeness (QED) is 0.751. The van der Waals surface area contributed by atoms with Gasteiger partial charge < -0.3 is 14.4 Å². The standard InChI is InChI=1S/C19H27N3O2S/c1-18(2,3)25-17-14(11-20)13-10-19(4,5)24-12-15(13)16(21-17)22-6-8-23-9-7-22/h6-10,12H2,1-5H3. The van der Waals surface area contributed by atoms with Gasteiger partial charge in [-0.3, -0.25) is 0 Å². The van der Waals surface area contributed by atoms with Gasteiger partial charge in [-0.05, 0) is 19.4 Å². The third kappa shape index (κ3) is 4.11. The zero-order chi connectivity index (χ0) is 18.2. The van der Waals surface area contributed by atoms with Gasteiger partial charge in [0.2, 0.25) is 0 Å². The van der Waals surface area contributed by atoms with Gasteiger partial charge in [-0.15, -0.1) is 0 Å². The first-order valence-electron chi connectivity index (χ1n) is 8.82. The number of nitrogens with zero attached hydrogens (tertiary/aromatic N) is 3.